The number of hydrogen-bond acceptors (Lipinski definition) is 2. The van der Waals surface area contributed by atoms with Crippen LogP contribution in [0.5, 0.6) is 0 Å². The minimum Gasteiger partial charge on any atom is -0.396 e. The molecule has 1 N–H and O–H groups in total. The van der Waals surface area contributed by atoms with E-state index in [1.54, 1.807) is 0 Å². The predicted octanol–water partition coefficient (Wildman–Crippen LogP) is 1.09. The standard InChI is InChI=1S/C9H14ClF2NO2/c1-6(10)8(15)13-3-2-9(11,12)7(4-13)5-14/h6-7,14H,2-5H2,1H3. The first-order valence-electron chi connectivity index (χ1n) is 4.80. The number of rotatable bonds is 2. The number of amides is 1. The average Bonchev–Trinajstić information content (AvgIpc) is 2.16. The SMILES string of the molecule is CC(Cl)C(=O)N1CCC(F)(F)C(CO)C1. The first-order valence-corrected chi connectivity index (χ1v) is 5.23. The van der Waals surface area contributed by atoms with Crippen LogP contribution in [0.1, 0.15) is 13.3 Å². The molecule has 0 bridgehead atoms. The van der Waals surface area contributed by atoms with Crippen LogP contribution in [0.4, 0.5) is 8.78 Å². The van der Waals surface area contributed by atoms with Crippen LogP contribution in [0, 0.1) is 5.92 Å². The van der Waals surface area contributed by atoms with E-state index in [4.69, 9.17) is 16.7 Å². The van der Waals surface area contributed by atoms with Crippen molar-refractivity contribution in [2.45, 2.75) is 24.6 Å². The van der Waals surface area contributed by atoms with Crippen LogP contribution in [0.25, 0.3) is 0 Å². The summed E-state index contributed by atoms with van der Waals surface area (Å²) in [6, 6.07) is 0. The summed E-state index contributed by atoms with van der Waals surface area (Å²) in [5.41, 5.74) is 0. The second kappa shape index (κ2) is 4.61. The van der Waals surface area contributed by atoms with Gasteiger partial charge >= 0.3 is 0 Å². The summed E-state index contributed by atoms with van der Waals surface area (Å²) in [7, 11) is 0. The second-order valence-electron chi connectivity index (χ2n) is 3.79. The highest BCUT2D eigenvalue weighted by molar-refractivity contribution is 6.30. The molecule has 6 heteroatoms. The maximum Gasteiger partial charge on any atom is 0.256 e. The lowest BCUT2D eigenvalue weighted by Crippen LogP contribution is -2.51. The largest absolute Gasteiger partial charge is 0.396 e. The summed E-state index contributed by atoms with van der Waals surface area (Å²) in [6.45, 7) is 0.761. The zero-order chi connectivity index (χ0) is 11.6. The molecule has 0 aromatic rings. The van der Waals surface area contributed by atoms with Gasteiger partial charge in [-0.15, -0.1) is 11.6 Å². The van der Waals surface area contributed by atoms with Gasteiger partial charge in [0.25, 0.3) is 5.92 Å². The van der Waals surface area contributed by atoms with Crippen molar-refractivity contribution in [3.05, 3.63) is 0 Å². The fourth-order valence-corrected chi connectivity index (χ4v) is 1.76. The molecule has 1 aliphatic rings. The predicted molar refractivity (Wildman–Crippen MR) is 52.0 cm³/mol. The van der Waals surface area contributed by atoms with Crippen LogP contribution < -0.4 is 0 Å². The van der Waals surface area contributed by atoms with Gasteiger partial charge in [0.05, 0.1) is 12.5 Å². The maximum atomic E-state index is 13.2. The Bertz CT molecular complexity index is 248. The van der Waals surface area contributed by atoms with Gasteiger partial charge < -0.3 is 10.0 Å². The Labute approximate surface area is 92.0 Å². The summed E-state index contributed by atoms with van der Waals surface area (Å²) in [4.78, 5) is 12.7. The highest BCUT2D eigenvalue weighted by Gasteiger charge is 2.44. The van der Waals surface area contributed by atoms with E-state index in [1.807, 2.05) is 0 Å². The molecule has 0 aliphatic carbocycles. The van der Waals surface area contributed by atoms with Gasteiger partial charge in [-0.05, 0) is 6.92 Å². The molecular weight excluding hydrogens is 228 g/mol. The van der Waals surface area contributed by atoms with Crippen LogP contribution in [0.2, 0.25) is 0 Å². The Hall–Kier alpha value is -0.420. The van der Waals surface area contributed by atoms with Crippen LogP contribution in [0.3, 0.4) is 0 Å². The van der Waals surface area contributed by atoms with E-state index in [9.17, 15) is 13.6 Å². The molecule has 2 atom stereocenters. The number of piperidine rings is 1. The minimum atomic E-state index is -2.89. The number of carbonyl (C=O) groups is 1. The lowest BCUT2D eigenvalue weighted by Gasteiger charge is -2.37. The topological polar surface area (TPSA) is 40.5 Å². The van der Waals surface area contributed by atoms with E-state index < -0.39 is 30.2 Å². The van der Waals surface area contributed by atoms with Gasteiger partial charge in [-0.25, -0.2) is 8.78 Å². The Morgan fingerprint density at radius 1 is 1.73 bits per heavy atom. The van der Waals surface area contributed by atoms with Gasteiger partial charge in [-0.3, -0.25) is 4.79 Å². The monoisotopic (exact) mass is 241 g/mol. The van der Waals surface area contributed by atoms with Gasteiger partial charge in [0, 0.05) is 19.5 Å². The number of carbonyl (C=O) groups excluding carboxylic acids is 1. The van der Waals surface area contributed by atoms with Crippen LogP contribution in [-0.4, -0.2) is 46.9 Å². The summed E-state index contributed by atoms with van der Waals surface area (Å²) in [6.07, 6.45) is -0.409. The smallest absolute Gasteiger partial charge is 0.256 e. The third kappa shape index (κ3) is 2.78. The maximum absolute atomic E-state index is 13.2. The van der Waals surface area contributed by atoms with Gasteiger partial charge in [0.15, 0.2) is 0 Å². The Balaban J connectivity index is 2.65. The second-order valence-corrected chi connectivity index (χ2v) is 4.45. The van der Waals surface area contributed by atoms with Gasteiger partial charge in [0.1, 0.15) is 5.38 Å². The van der Waals surface area contributed by atoms with E-state index in [1.165, 1.54) is 11.8 Å². The van der Waals surface area contributed by atoms with E-state index in [-0.39, 0.29) is 19.0 Å². The number of aliphatic hydroxyl groups is 1. The van der Waals surface area contributed by atoms with Crippen LogP contribution in [0.15, 0.2) is 0 Å². The molecule has 88 valence electrons. The lowest BCUT2D eigenvalue weighted by molar-refractivity contribution is -0.148. The van der Waals surface area contributed by atoms with E-state index in [2.05, 4.69) is 0 Å². The van der Waals surface area contributed by atoms with Crippen molar-refractivity contribution in [1.29, 1.82) is 0 Å². The first-order chi connectivity index (χ1) is 6.88. The molecule has 0 radical (unpaired) electrons. The molecule has 0 saturated carbocycles. The number of halogens is 3. The Kier molecular flexibility index (Phi) is 3.89. The number of hydrogen-bond donors (Lipinski definition) is 1. The molecule has 0 aromatic carbocycles. The first kappa shape index (κ1) is 12.6. The highest BCUT2D eigenvalue weighted by atomic mass is 35.5. The summed E-state index contributed by atoms with van der Waals surface area (Å²) in [5, 5.41) is 8.10. The Morgan fingerprint density at radius 2 is 2.33 bits per heavy atom. The van der Waals surface area contributed by atoms with Crippen molar-refractivity contribution < 1.29 is 18.7 Å². The third-order valence-corrected chi connectivity index (χ3v) is 2.81. The van der Waals surface area contributed by atoms with E-state index in [0.29, 0.717) is 0 Å². The molecule has 15 heavy (non-hydrogen) atoms. The zero-order valence-electron chi connectivity index (χ0n) is 8.42. The number of likely N-dealkylation sites (tertiary alicyclic amines) is 1. The van der Waals surface area contributed by atoms with E-state index in [0.717, 1.165) is 0 Å². The van der Waals surface area contributed by atoms with Gasteiger partial charge in [-0.1, -0.05) is 0 Å². The summed E-state index contributed by atoms with van der Waals surface area (Å²) in [5.74, 6) is -4.42. The van der Waals surface area contributed by atoms with Crippen molar-refractivity contribution in [3.8, 4) is 0 Å². The molecule has 1 amide bonds. The zero-order valence-corrected chi connectivity index (χ0v) is 9.18. The van der Waals surface area contributed by atoms with E-state index >= 15 is 0 Å². The lowest BCUT2D eigenvalue weighted by atomic mass is 9.94. The van der Waals surface area contributed by atoms with Crippen molar-refractivity contribution in [1.82, 2.24) is 4.90 Å². The molecule has 0 aromatic heterocycles. The fraction of sp³-hybridized carbons (Fsp3) is 0.889. The normalized spacial score (nSPS) is 27.5. The molecular formula is C9H14ClF2NO2. The minimum absolute atomic E-state index is 0.000602. The third-order valence-electron chi connectivity index (χ3n) is 2.63. The number of nitrogens with zero attached hydrogens (tertiary/aromatic N) is 1. The number of aliphatic hydroxyl groups excluding tert-OH is 1. The Morgan fingerprint density at radius 3 is 2.80 bits per heavy atom. The van der Waals surface area contributed by atoms with Gasteiger partial charge in [0.2, 0.25) is 5.91 Å². The summed E-state index contributed by atoms with van der Waals surface area (Å²) < 4.78 is 26.4. The molecule has 1 aliphatic heterocycles. The van der Waals surface area contributed by atoms with Crippen molar-refractivity contribution in [3.63, 3.8) is 0 Å². The highest BCUT2D eigenvalue weighted by Crippen LogP contribution is 2.33. The quantitative estimate of drug-likeness (QED) is 0.736. The van der Waals surface area contributed by atoms with Crippen molar-refractivity contribution >= 4 is 17.5 Å². The summed E-state index contributed by atoms with van der Waals surface area (Å²) >= 11 is 5.58. The molecule has 2 unspecified atom stereocenters. The van der Waals surface area contributed by atoms with Crippen LogP contribution >= 0.6 is 11.6 Å². The van der Waals surface area contributed by atoms with Crippen LogP contribution in [-0.2, 0) is 4.79 Å². The molecule has 1 heterocycles. The average molecular weight is 242 g/mol. The molecule has 1 rings (SSSR count). The molecule has 1 saturated heterocycles. The molecule has 1 fully saturated rings. The van der Waals surface area contributed by atoms with Crippen molar-refractivity contribution in [2.75, 3.05) is 19.7 Å². The fourth-order valence-electron chi connectivity index (χ4n) is 1.62. The van der Waals surface area contributed by atoms with Gasteiger partial charge in [-0.2, -0.15) is 0 Å². The molecule has 3 nitrogen and oxygen atoms in total. The molecule has 0 spiro atoms. The number of alkyl halides is 3. The van der Waals surface area contributed by atoms with Crippen molar-refractivity contribution in [2.24, 2.45) is 5.92 Å².